The molecule has 3 N–H and O–H groups in total. The molecular weight excluding hydrogens is 505 g/mol. The van der Waals surface area contributed by atoms with E-state index in [2.05, 4.69) is 21.2 Å². The Bertz CT molecular complexity index is 1140. The van der Waals surface area contributed by atoms with Crippen LogP contribution >= 0.6 is 11.6 Å². The number of benzene rings is 2. The number of carbonyl (C=O) groups is 3. The number of nitrogens with zero attached hydrogens (tertiary/aromatic N) is 1. The second kappa shape index (κ2) is 12.8. The number of anilines is 1. The highest BCUT2D eigenvalue weighted by Crippen LogP contribution is 2.36. The summed E-state index contributed by atoms with van der Waals surface area (Å²) in [5.41, 5.74) is 1.50. The SMILES string of the molecule is CC[C@@H](C)NC(=O)C(=O)N/N=C\c1cc(Cl)c(OCC(=O)Nc2cccc(C(F)(F)F)c2)c(OC)c1. The number of ether oxygens (including phenoxy) is 2. The van der Waals surface area contributed by atoms with Gasteiger partial charge < -0.3 is 20.1 Å². The van der Waals surface area contributed by atoms with Crippen LogP contribution in [0.1, 0.15) is 31.4 Å². The summed E-state index contributed by atoms with van der Waals surface area (Å²) in [6.45, 7) is 3.04. The van der Waals surface area contributed by atoms with Crippen LogP contribution in [0.5, 0.6) is 11.5 Å². The Balaban J connectivity index is 2.01. The van der Waals surface area contributed by atoms with Crippen LogP contribution in [0.2, 0.25) is 5.02 Å². The van der Waals surface area contributed by atoms with Gasteiger partial charge in [0.25, 0.3) is 5.91 Å². The van der Waals surface area contributed by atoms with Crippen LogP contribution < -0.4 is 25.5 Å². The lowest BCUT2D eigenvalue weighted by Gasteiger charge is -2.14. The maximum absolute atomic E-state index is 12.8. The van der Waals surface area contributed by atoms with E-state index in [1.165, 1.54) is 37.6 Å². The maximum atomic E-state index is 12.8. The van der Waals surface area contributed by atoms with E-state index in [4.69, 9.17) is 21.1 Å². The molecule has 2 aromatic rings. The van der Waals surface area contributed by atoms with Crippen molar-refractivity contribution in [2.24, 2.45) is 5.10 Å². The summed E-state index contributed by atoms with van der Waals surface area (Å²) in [4.78, 5) is 35.7. The van der Waals surface area contributed by atoms with Crippen molar-refractivity contribution in [2.75, 3.05) is 19.0 Å². The molecule has 9 nitrogen and oxygen atoms in total. The Morgan fingerprint density at radius 1 is 1.17 bits per heavy atom. The van der Waals surface area contributed by atoms with Gasteiger partial charge in [-0.2, -0.15) is 18.3 Å². The van der Waals surface area contributed by atoms with Gasteiger partial charge in [-0.25, -0.2) is 5.43 Å². The number of methoxy groups -OCH3 is 1. The van der Waals surface area contributed by atoms with E-state index in [0.717, 1.165) is 12.1 Å². The summed E-state index contributed by atoms with van der Waals surface area (Å²) in [6.07, 6.45) is -2.68. The number of alkyl halides is 3. The number of rotatable bonds is 9. The number of carbonyl (C=O) groups excluding carboxylic acids is 3. The fraction of sp³-hybridized carbons (Fsp3) is 0.304. The smallest absolute Gasteiger partial charge is 0.416 e. The summed E-state index contributed by atoms with van der Waals surface area (Å²) < 4.78 is 49.1. The summed E-state index contributed by atoms with van der Waals surface area (Å²) >= 11 is 6.22. The van der Waals surface area contributed by atoms with E-state index in [1.807, 2.05) is 6.92 Å². The van der Waals surface area contributed by atoms with Gasteiger partial charge in [-0.3, -0.25) is 14.4 Å². The molecule has 0 bridgehead atoms. The third kappa shape index (κ3) is 8.45. The number of amides is 3. The van der Waals surface area contributed by atoms with E-state index in [0.29, 0.717) is 12.0 Å². The number of hydrogen-bond acceptors (Lipinski definition) is 6. The van der Waals surface area contributed by atoms with Crippen LogP contribution in [0.3, 0.4) is 0 Å². The Morgan fingerprint density at radius 2 is 1.89 bits per heavy atom. The summed E-state index contributed by atoms with van der Waals surface area (Å²) in [6, 6.07) is 6.83. The van der Waals surface area contributed by atoms with Crippen molar-refractivity contribution >= 4 is 41.2 Å². The molecule has 0 heterocycles. The Labute approximate surface area is 210 Å². The van der Waals surface area contributed by atoms with E-state index < -0.39 is 36.1 Å². The van der Waals surface area contributed by atoms with Gasteiger partial charge in [-0.1, -0.05) is 24.6 Å². The van der Waals surface area contributed by atoms with Gasteiger partial charge in [0.15, 0.2) is 18.1 Å². The van der Waals surface area contributed by atoms with E-state index in [-0.39, 0.29) is 28.3 Å². The zero-order chi connectivity index (χ0) is 26.9. The average Bonchev–Trinajstić information content (AvgIpc) is 2.82. The first-order valence-corrected chi connectivity index (χ1v) is 10.9. The average molecular weight is 529 g/mol. The van der Waals surface area contributed by atoms with Crippen LogP contribution in [0.4, 0.5) is 18.9 Å². The quantitative estimate of drug-likeness (QED) is 0.260. The molecule has 0 aliphatic heterocycles. The minimum absolute atomic E-state index is 0.00692. The summed E-state index contributed by atoms with van der Waals surface area (Å²) in [5.74, 6) is -2.37. The number of hydrazone groups is 1. The first kappa shape index (κ1) is 28.4. The molecule has 0 aromatic heterocycles. The highest BCUT2D eigenvalue weighted by atomic mass is 35.5. The third-order valence-electron chi connectivity index (χ3n) is 4.65. The van der Waals surface area contributed by atoms with Crippen molar-refractivity contribution in [2.45, 2.75) is 32.5 Å². The lowest BCUT2D eigenvalue weighted by atomic mass is 10.2. The van der Waals surface area contributed by atoms with Crippen molar-refractivity contribution in [3.63, 3.8) is 0 Å². The molecule has 2 rings (SSSR count). The van der Waals surface area contributed by atoms with Crippen molar-refractivity contribution in [3.05, 3.63) is 52.5 Å². The molecule has 0 aliphatic rings. The second-order valence-electron chi connectivity index (χ2n) is 7.43. The molecule has 0 spiro atoms. The molecule has 13 heteroatoms. The monoisotopic (exact) mass is 528 g/mol. The van der Waals surface area contributed by atoms with Crippen LogP contribution in [0.25, 0.3) is 0 Å². The maximum Gasteiger partial charge on any atom is 0.416 e. The molecule has 0 saturated heterocycles. The van der Waals surface area contributed by atoms with Crippen LogP contribution in [-0.2, 0) is 20.6 Å². The highest BCUT2D eigenvalue weighted by molar-refractivity contribution is 6.35. The van der Waals surface area contributed by atoms with E-state index >= 15 is 0 Å². The van der Waals surface area contributed by atoms with Gasteiger partial charge in [0.1, 0.15) is 0 Å². The lowest BCUT2D eigenvalue weighted by Crippen LogP contribution is -2.41. The lowest BCUT2D eigenvalue weighted by molar-refractivity contribution is -0.139. The fourth-order valence-corrected chi connectivity index (χ4v) is 2.94. The third-order valence-corrected chi connectivity index (χ3v) is 4.93. The van der Waals surface area contributed by atoms with Crippen molar-refractivity contribution < 1.29 is 37.0 Å². The molecule has 0 radical (unpaired) electrons. The van der Waals surface area contributed by atoms with Crippen LogP contribution in [0, 0.1) is 0 Å². The molecule has 0 fully saturated rings. The van der Waals surface area contributed by atoms with Crippen LogP contribution in [-0.4, -0.2) is 43.7 Å². The first-order chi connectivity index (χ1) is 16.9. The van der Waals surface area contributed by atoms with Crippen molar-refractivity contribution in [3.8, 4) is 11.5 Å². The highest BCUT2D eigenvalue weighted by Gasteiger charge is 2.30. The van der Waals surface area contributed by atoms with Crippen molar-refractivity contribution in [1.82, 2.24) is 10.7 Å². The van der Waals surface area contributed by atoms with Gasteiger partial charge in [0.05, 0.1) is 23.9 Å². The molecule has 194 valence electrons. The predicted octanol–water partition coefficient (Wildman–Crippen LogP) is 3.75. The van der Waals surface area contributed by atoms with E-state index in [9.17, 15) is 27.6 Å². The molecule has 1 atom stereocenters. The summed E-state index contributed by atoms with van der Waals surface area (Å²) in [5, 5.41) is 8.54. The Hall–Kier alpha value is -3.80. The van der Waals surface area contributed by atoms with Gasteiger partial charge in [-0.15, -0.1) is 0 Å². The van der Waals surface area contributed by atoms with Crippen LogP contribution in [0.15, 0.2) is 41.5 Å². The zero-order valence-corrected chi connectivity index (χ0v) is 20.3. The molecule has 0 saturated carbocycles. The fourth-order valence-electron chi connectivity index (χ4n) is 2.67. The number of hydrogen-bond donors (Lipinski definition) is 3. The molecule has 3 amide bonds. The molecule has 36 heavy (non-hydrogen) atoms. The second-order valence-corrected chi connectivity index (χ2v) is 7.84. The van der Waals surface area contributed by atoms with E-state index in [1.54, 1.807) is 6.92 Å². The van der Waals surface area contributed by atoms with Crippen molar-refractivity contribution in [1.29, 1.82) is 0 Å². The first-order valence-electron chi connectivity index (χ1n) is 10.6. The standard InChI is InChI=1S/C23H24ClF3N4O5/c1-4-13(2)29-21(33)22(34)31-28-11-14-8-17(24)20(18(9-14)35-3)36-12-19(32)30-16-7-5-6-15(10-16)23(25,26)27/h5-11,13H,4,12H2,1-3H3,(H,29,33)(H,30,32)(H,31,34)/b28-11-/t13-/m1/s1. The number of nitrogens with one attached hydrogen (secondary N) is 3. The molecule has 0 aliphatic carbocycles. The normalized spacial score (nSPS) is 12.1. The minimum atomic E-state index is -4.55. The topological polar surface area (TPSA) is 118 Å². The molecular formula is C23H24ClF3N4O5. The van der Waals surface area contributed by atoms with Gasteiger partial charge in [0.2, 0.25) is 0 Å². The zero-order valence-electron chi connectivity index (χ0n) is 19.5. The van der Waals surface area contributed by atoms with Gasteiger partial charge >= 0.3 is 18.0 Å². The summed E-state index contributed by atoms with van der Waals surface area (Å²) in [7, 11) is 1.32. The Morgan fingerprint density at radius 3 is 2.53 bits per heavy atom. The number of halogens is 4. The molecule has 0 unspecified atom stereocenters. The van der Waals surface area contributed by atoms with Gasteiger partial charge in [-0.05, 0) is 49.2 Å². The largest absolute Gasteiger partial charge is 0.493 e. The molecule has 2 aromatic carbocycles. The van der Waals surface area contributed by atoms with Gasteiger partial charge in [0, 0.05) is 11.7 Å². The predicted molar refractivity (Wildman–Crippen MR) is 127 cm³/mol. The Kier molecular flexibility index (Phi) is 10.1. The minimum Gasteiger partial charge on any atom is -0.493 e.